The van der Waals surface area contributed by atoms with E-state index in [9.17, 15) is 0 Å². The highest BCUT2D eigenvalue weighted by Gasteiger charge is 2.69. The topological polar surface area (TPSA) is 12.7 Å². The Labute approximate surface area is 242 Å². The van der Waals surface area contributed by atoms with Crippen molar-refractivity contribution in [3.63, 3.8) is 0 Å². The van der Waals surface area contributed by atoms with Gasteiger partial charge in [-0.2, -0.15) is 13.7 Å². The van der Waals surface area contributed by atoms with Gasteiger partial charge in [0, 0.05) is 12.1 Å². The first kappa shape index (κ1) is 22.1. The SMILES string of the molecule is Cc1cccc(C)c1-n1c2[n+]3c4c(cccc41)Sc1c-3c(cc3ccccc13)C21c2ccccc2-c2cccc[n+]21. The molecular weight excluding hydrogens is 518 g/mol. The van der Waals surface area contributed by atoms with Gasteiger partial charge in [0.05, 0.1) is 26.5 Å². The van der Waals surface area contributed by atoms with Crippen LogP contribution in [0.4, 0.5) is 0 Å². The number of aryl methyl sites for hydroxylation is 2. The van der Waals surface area contributed by atoms with Crippen LogP contribution in [0, 0.1) is 13.8 Å². The summed E-state index contributed by atoms with van der Waals surface area (Å²) >= 11 is 1.93. The van der Waals surface area contributed by atoms with Crippen LogP contribution < -0.4 is 9.13 Å². The lowest BCUT2D eigenvalue weighted by Crippen LogP contribution is -2.57. The molecule has 0 radical (unpaired) electrons. The maximum atomic E-state index is 2.62. The van der Waals surface area contributed by atoms with Gasteiger partial charge in [0.25, 0.3) is 0 Å². The zero-order valence-electron chi connectivity index (χ0n) is 22.7. The Hall–Kier alpha value is -4.67. The van der Waals surface area contributed by atoms with E-state index in [0.717, 1.165) is 0 Å². The standard InChI is InChI=1S/C37H25N3S/c1-22-11-9-12-23(2)32(22)39-30-18-10-19-31-34(30)40-33-28(21-24-13-3-4-14-25(24)35(33)41-31)37(36(39)40)27-16-6-5-15-26(27)29-17-7-8-20-38(29)37/h3-21H,1-2H3/q+2. The summed E-state index contributed by atoms with van der Waals surface area (Å²) in [6.45, 7) is 4.50. The van der Waals surface area contributed by atoms with Gasteiger partial charge in [-0.05, 0) is 66.1 Å². The molecule has 0 bridgehead atoms. The van der Waals surface area contributed by atoms with E-state index >= 15 is 0 Å². The molecule has 1 atom stereocenters. The largest absolute Gasteiger partial charge is 0.352 e. The molecule has 0 fully saturated rings. The van der Waals surface area contributed by atoms with E-state index in [0.29, 0.717) is 0 Å². The first-order valence-electron chi connectivity index (χ1n) is 14.2. The molecule has 192 valence electrons. The summed E-state index contributed by atoms with van der Waals surface area (Å²) in [7, 11) is 0. The summed E-state index contributed by atoms with van der Waals surface area (Å²) in [6, 6.07) is 40.6. The van der Waals surface area contributed by atoms with Crippen molar-refractivity contribution in [2.75, 3.05) is 0 Å². The second-order valence-electron chi connectivity index (χ2n) is 11.5. The third-order valence-corrected chi connectivity index (χ3v) is 10.6. The van der Waals surface area contributed by atoms with Crippen molar-refractivity contribution in [3.05, 3.63) is 143 Å². The van der Waals surface area contributed by atoms with Crippen molar-refractivity contribution in [3.8, 4) is 22.6 Å². The molecule has 10 rings (SSSR count). The van der Waals surface area contributed by atoms with Crippen molar-refractivity contribution >= 4 is 33.6 Å². The molecule has 41 heavy (non-hydrogen) atoms. The average Bonchev–Trinajstić information content (AvgIpc) is 3.60. The molecular formula is C37H25N3S+2. The molecule has 0 saturated carbocycles. The minimum atomic E-state index is -0.531. The lowest BCUT2D eigenvalue weighted by Gasteiger charge is -2.21. The van der Waals surface area contributed by atoms with Crippen LogP contribution in [0.1, 0.15) is 28.1 Å². The van der Waals surface area contributed by atoms with Gasteiger partial charge in [0.1, 0.15) is 5.69 Å². The second kappa shape index (κ2) is 7.34. The Morgan fingerprint density at radius 3 is 2.41 bits per heavy atom. The number of rotatable bonds is 1. The molecule has 5 heterocycles. The van der Waals surface area contributed by atoms with Crippen molar-refractivity contribution in [2.24, 2.45) is 0 Å². The van der Waals surface area contributed by atoms with Crippen molar-refractivity contribution in [1.82, 2.24) is 4.57 Å². The number of hydrogen-bond acceptors (Lipinski definition) is 1. The number of imidazole rings is 1. The van der Waals surface area contributed by atoms with E-state index in [4.69, 9.17) is 0 Å². The predicted molar refractivity (Wildman–Crippen MR) is 163 cm³/mol. The van der Waals surface area contributed by atoms with Crippen molar-refractivity contribution in [1.29, 1.82) is 0 Å². The van der Waals surface area contributed by atoms with Crippen LogP contribution in [0.15, 0.2) is 125 Å². The molecule has 3 aliphatic heterocycles. The Balaban J connectivity index is 1.54. The second-order valence-corrected chi connectivity index (χ2v) is 12.5. The van der Waals surface area contributed by atoms with E-state index in [1.54, 1.807) is 0 Å². The van der Waals surface area contributed by atoms with E-state index in [2.05, 4.69) is 143 Å². The molecule has 2 aromatic heterocycles. The van der Waals surface area contributed by atoms with E-state index in [1.807, 2.05) is 11.8 Å². The van der Waals surface area contributed by atoms with Crippen LogP contribution in [0.25, 0.3) is 44.4 Å². The van der Waals surface area contributed by atoms with Gasteiger partial charge in [0.2, 0.25) is 5.69 Å². The molecule has 0 saturated heterocycles. The smallest absolute Gasteiger partial charge is 0.184 e. The highest BCUT2D eigenvalue weighted by Crippen LogP contribution is 2.56. The molecule has 0 amide bonds. The van der Waals surface area contributed by atoms with E-state index in [1.165, 1.54) is 82.3 Å². The van der Waals surface area contributed by atoms with Crippen molar-refractivity contribution in [2.45, 2.75) is 29.2 Å². The monoisotopic (exact) mass is 543 g/mol. The number of fused-ring (bicyclic) bond motifs is 9. The molecule has 7 aromatic rings. The summed E-state index contributed by atoms with van der Waals surface area (Å²) in [4.78, 5) is 2.66. The number of pyridine rings is 1. The Kier molecular flexibility index (Phi) is 3.95. The minimum absolute atomic E-state index is 0.531. The van der Waals surface area contributed by atoms with Crippen molar-refractivity contribution < 1.29 is 9.13 Å². The quantitative estimate of drug-likeness (QED) is 0.195. The van der Waals surface area contributed by atoms with Gasteiger partial charge in [-0.3, -0.25) is 0 Å². The number of benzene rings is 5. The summed E-state index contributed by atoms with van der Waals surface area (Å²) in [5.74, 6) is 1.28. The normalized spacial score (nSPS) is 17.0. The number of aromatic nitrogens is 3. The van der Waals surface area contributed by atoms with E-state index < -0.39 is 5.54 Å². The van der Waals surface area contributed by atoms with Crippen LogP contribution in [0.2, 0.25) is 0 Å². The number of hydrogen-bond donors (Lipinski definition) is 0. The number of para-hydroxylation sites is 2. The summed E-state index contributed by atoms with van der Waals surface area (Å²) < 4.78 is 7.76. The lowest BCUT2D eigenvalue weighted by molar-refractivity contribution is -0.733. The summed E-state index contributed by atoms with van der Waals surface area (Å²) in [5.41, 5.74) is 12.4. The lowest BCUT2D eigenvalue weighted by atomic mass is 9.82. The van der Waals surface area contributed by atoms with Gasteiger partial charge >= 0.3 is 11.4 Å². The van der Waals surface area contributed by atoms with Crippen LogP contribution in [0.3, 0.4) is 0 Å². The molecule has 1 spiro atoms. The van der Waals surface area contributed by atoms with Crippen LogP contribution in [0.5, 0.6) is 0 Å². The third kappa shape index (κ3) is 2.38. The Morgan fingerprint density at radius 1 is 0.732 bits per heavy atom. The minimum Gasteiger partial charge on any atom is -0.184 e. The van der Waals surface area contributed by atoms with Crippen LogP contribution in [-0.4, -0.2) is 4.57 Å². The molecule has 0 aliphatic carbocycles. The third-order valence-electron chi connectivity index (χ3n) is 9.47. The van der Waals surface area contributed by atoms with Gasteiger partial charge in [-0.25, -0.2) is 0 Å². The van der Waals surface area contributed by atoms with Crippen LogP contribution >= 0.6 is 11.8 Å². The Morgan fingerprint density at radius 2 is 1.51 bits per heavy atom. The zero-order chi connectivity index (χ0) is 27.0. The first-order valence-corrected chi connectivity index (χ1v) is 15.0. The molecule has 1 unspecified atom stereocenters. The Bertz CT molecular complexity index is 2260. The highest BCUT2D eigenvalue weighted by atomic mass is 32.2. The number of nitrogens with zero attached hydrogens (tertiary/aromatic N) is 3. The summed E-state index contributed by atoms with van der Waals surface area (Å²) in [5, 5.41) is 2.61. The first-order chi connectivity index (χ1) is 20.2. The fraction of sp³-hybridized carbons (Fsp3) is 0.0811. The fourth-order valence-electron chi connectivity index (χ4n) is 7.99. The summed E-state index contributed by atoms with van der Waals surface area (Å²) in [6.07, 6.45) is 2.29. The molecule has 3 nitrogen and oxygen atoms in total. The maximum Gasteiger partial charge on any atom is 0.352 e. The average molecular weight is 544 g/mol. The molecule has 0 N–H and O–H groups in total. The van der Waals surface area contributed by atoms with Crippen LogP contribution in [-0.2, 0) is 5.54 Å². The van der Waals surface area contributed by atoms with Gasteiger partial charge in [0.15, 0.2) is 22.9 Å². The van der Waals surface area contributed by atoms with E-state index in [-0.39, 0.29) is 0 Å². The highest BCUT2D eigenvalue weighted by molar-refractivity contribution is 8.00. The molecule has 4 heteroatoms. The fourth-order valence-corrected chi connectivity index (χ4v) is 9.24. The zero-order valence-corrected chi connectivity index (χ0v) is 23.5. The van der Waals surface area contributed by atoms with Gasteiger partial charge in [-0.1, -0.05) is 78.5 Å². The molecule has 3 aliphatic rings. The maximum absolute atomic E-state index is 2.62. The molecule has 5 aromatic carbocycles. The predicted octanol–water partition coefficient (Wildman–Crippen LogP) is 7.56. The van der Waals surface area contributed by atoms with Gasteiger partial charge in [-0.15, -0.1) is 0 Å². The van der Waals surface area contributed by atoms with Gasteiger partial charge < -0.3 is 0 Å².